The lowest BCUT2D eigenvalue weighted by molar-refractivity contribution is -0.160. The fourth-order valence-electron chi connectivity index (χ4n) is 1.48. The Kier molecular flexibility index (Phi) is 3.27. The lowest BCUT2D eigenvalue weighted by Crippen LogP contribution is -2.35. The maximum atomic E-state index is 11.0. The summed E-state index contributed by atoms with van der Waals surface area (Å²) < 4.78 is 1.82. The van der Waals surface area contributed by atoms with Crippen LogP contribution in [0.25, 0.3) is 0 Å². The van der Waals surface area contributed by atoms with Crippen LogP contribution >= 0.6 is 31.9 Å². The molecule has 0 saturated carbocycles. The van der Waals surface area contributed by atoms with Gasteiger partial charge in [0.2, 0.25) is 5.60 Å². The van der Waals surface area contributed by atoms with Crippen molar-refractivity contribution in [3.8, 4) is 0 Å². The van der Waals surface area contributed by atoms with Crippen LogP contribution in [0.5, 0.6) is 0 Å². The summed E-state index contributed by atoms with van der Waals surface area (Å²) in [6.45, 7) is 1.51. The summed E-state index contributed by atoms with van der Waals surface area (Å²) in [7, 11) is 0. The molecule has 1 unspecified atom stereocenters. The van der Waals surface area contributed by atoms with Crippen molar-refractivity contribution < 1.29 is 14.7 Å². The van der Waals surface area contributed by atoms with Crippen LogP contribution in [0.15, 0.2) is 32.3 Å². The van der Waals surface area contributed by atoms with Gasteiger partial charge >= 0.3 is 5.97 Å². The van der Waals surface area contributed by atoms with Gasteiger partial charge in [-0.15, -0.1) is 0 Å². The molecule has 0 fully saturated rings. The predicted octanol–water partition coefficient (Wildman–Crippen LogP) is 3.18. The number of aliphatic carboxylic acids is 1. The van der Waals surface area contributed by atoms with E-state index in [0.29, 0.717) is 5.71 Å². The third-order valence-corrected chi connectivity index (χ3v) is 4.45. The van der Waals surface area contributed by atoms with Crippen molar-refractivity contribution in [3.05, 3.63) is 32.7 Å². The molecular formula is C11H9Br2NO3. The van der Waals surface area contributed by atoms with Crippen LogP contribution in [0.3, 0.4) is 0 Å². The van der Waals surface area contributed by atoms with Crippen molar-refractivity contribution in [2.75, 3.05) is 0 Å². The molecule has 17 heavy (non-hydrogen) atoms. The summed E-state index contributed by atoms with van der Waals surface area (Å²) in [5, 5.41) is 12.9. The quantitative estimate of drug-likeness (QED) is 0.878. The molecule has 6 heteroatoms. The topological polar surface area (TPSA) is 58.9 Å². The fraction of sp³-hybridized carbons (Fsp3) is 0.273. The van der Waals surface area contributed by atoms with Gasteiger partial charge in [-0.3, -0.25) is 0 Å². The van der Waals surface area contributed by atoms with Crippen molar-refractivity contribution in [2.45, 2.75) is 18.9 Å². The lowest BCUT2D eigenvalue weighted by atomic mass is 9.96. The van der Waals surface area contributed by atoms with E-state index in [4.69, 9.17) is 9.94 Å². The van der Waals surface area contributed by atoms with E-state index in [1.807, 2.05) is 18.2 Å². The Morgan fingerprint density at radius 2 is 2.18 bits per heavy atom. The van der Waals surface area contributed by atoms with Crippen molar-refractivity contribution in [1.29, 1.82) is 0 Å². The summed E-state index contributed by atoms with van der Waals surface area (Å²) >= 11 is 6.76. The van der Waals surface area contributed by atoms with E-state index in [1.165, 1.54) is 6.92 Å². The minimum Gasteiger partial charge on any atom is -0.478 e. The molecule has 2 rings (SSSR count). The molecule has 1 aliphatic heterocycles. The van der Waals surface area contributed by atoms with Gasteiger partial charge in [0, 0.05) is 20.9 Å². The van der Waals surface area contributed by atoms with Crippen molar-refractivity contribution in [3.63, 3.8) is 0 Å². The number of rotatable bonds is 2. The minimum absolute atomic E-state index is 0.260. The number of oxime groups is 1. The van der Waals surface area contributed by atoms with Gasteiger partial charge in [-0.1, -0.05) is 11.2 Å². The maximum absolute atomic E-state index is 11.0. The highest BCUT2D eigenvalue weighted by molar-refractivity contribution is 9.13. The molecular weight excluding hydrogens is 354 g/mol. The minimum atomic E-state index is -1.26. The normalized spacial score (nSPS) is 23.1. The van der Waals surface area contributed by atoms with Crippen LogP contribution < -0.4 is 0 Å². The third-order valence-electron chi connectivity index (χ3n) is 2.57. The Morgan fingerprint density at radius 3 is 2.71 bits per heavy atom. The first-order valence-electron chi connectivity index (χ1n) is 4.86. The number of carboxylic acid groups (broad SMARTS) is 1. The van der Waals surface area contributed by atoms with Crippen LogP contribution in [0, 0.1) is 0 Å². The first-order valence-corrected chi connectivity index (χ1v) is 6.45. The summed E-state index contributed by atoms with van der Waals surface area (Å²) in [5.74, 6) is -1.01. The molecule has 0 radical (unpaired) electrons. The second-order valence-corrected chi connectivity index (χ2v) is 5.68. The number of carbonyl (C=O) groups is 1. The highest BCUT2D eigenvalue weighted by atomic mass is 79.9. The van der Waals surface area contributed by atoms with Gasteiger partial charge in [0.15, 0.2) is 0 Å². The van der Waals surface area contributed by atoms with Crippen LogP contribution in [-0.2, 0) is 9.63 Å². The second kappa shape index (κ2) is 4.42. The maximum Gasteiger partial charge on any atom is 0.351 e. The van der Waals surface area contributed by atoms with E-state index in [0.717, 1.165) is 14.5 Å². The Morgan fingerprint density at radius 1 is 1.47 bits per heavy atom. The van der Waals surface area contributed by atoms with E-state index in [9.17, 15) is 4.79 Å². The molecule has 1 atom stereocenters. The van der Waals surface area contributed by atoms with Crippen molar-refractivity contribution >= 4 is 43.5 Å². The second-order valence-electron chi connectivity index (χ2n) is 3.97. The van der Waals surface area contributed by atoms with Crippen LogP contribution in [0.1, 0.15) is 18.9 Å². The summed E-state index contributed by atoms with van der Waals surface area (Å²) in [6, 6.07) is 5.61. The number of nitrogens with zero attached hydrogens (tertiary/aromatic N) is 1. The predicted molar refractivity (Wildman–Crippen MR) is 70.1 cm³/mol. The third kappa shape index (κ3) is 2.37. The van der Waals surface area contributed by atoms with Gasteiger partial charge in [0.25, 0.3) is 0 Å². The van der Waals surface area contributed by atoms with Gasteiger partial charge in [0.05, 0.1) is 5.71 Å². The highest BCUT2D eigenvalue weighted by Gasteiger charge is 2.42. The highest BCUT2D eigenvalue weighted by Crippen LogP contribution is 2.30. The SMILES string of the molecule is CC1(C(=O)O)CC(c2ccc(Br)c(Br)c2)=NO1. The zero-order valence-corrected chi connectivity index (χ0v) is 12.1. The molecule has 1 aliphatic rings. The summed E-state index contributed by atoms with van der Waals surface area (Å²) in [5.41, 5.74) is 0.239. The molecule has 0 spiro atoms. The zero-order chi connectivity index (χ0) is 12.6. The van der Waals surface area contributed by atoms with Gasteiger partial charge in [0.1, 0.15) is 0 Å². The number of halogens is 2. The van der Waals surface area contributed by atoms with E-state index in [2.05, 4.69) is 37.0 Å². The number of carboxylic acids is 1. The standard InChI is InChI=1S/C11H9Br2NO3/c1-11(10(15)16)5-9(14-17-11)6-2-3-7(12)8(13)4-6/h2-4H,5H2,1H3,(H,15,16). The Bertz CT molecular complexity index is 515. The molecule has 1 aromatic carbocycles. The van der Waals surface area contributed by atoms with Crippen molar-refractivity contribution in [1.82, 2.24) is 0 Å². The zero-order valence-electron chi connectivity index (χ0n) is 8.91. The number of hydrogen-bond acceptors (Lipinski definition) is 3. The molecule has 4 nitrogen and oxygen atoms in total. The van der Waals surface area contributed by atoms with E-state index < -0.39 is 11.6 Å². The average molecular weight is 363 g/mol. The summed E-state index contributed by atoms with van der Waals surface area (Å²) in [4.78, 5) is 16.0. The molecule has 0 bridgehead atoms. The average Bonchev–Trinajstić information content (AvgIpc) is 2.67. The van der Waals surface area contributed by atoms with E-state index in [-0.39, 0.29) is 6.42 Å². The lowest BCUT2D eigenvalue weighted by Gasteiger charge is -2.14. The Balaban J connectivity index is 2.26. The van der Waals surface area contributed by atoms with Crippen molar-refractivity contribution in [2.24, 2.45) is 5.16 Å². The van der Waals surface area contributed by atoms with Crippen LogP contribution in [0.2, 0.25) is 0 Å². The molecule has 1 aromatic rings. The number of benzene rings is 1. The van der Waals surface area contributed by atoms with E-state index >= 15 is 0 Å². The van der Waals surface area contributed by atoms with Crippen LogP contribution in [-0.4, -0.2) is 22.4 Å². The Labute approximate surface area is 115 Å². The fourth-order valence-corrected chi connectivity index (χ4v) is 2.11. The Hall–Kier alpha value is -0.880. The van der Waals surface area contributed by atoms with Crippen LogP contribution in [0.4, 0.5) is 0 Å². The molecule has 0 aromatic heterocycles. The molecule has 1 heterocycles. The molecule has 90 valence electrons. The first kappa shape index (κ1) is 12.6. The molecule has 0 saturated heterocycles. The summed E-state index contributed by atoms with van der Waals surface area (Å²) in [6.07, 6.45) is 0.260. The largest absolute Gasteiger partial charge is 0.478 e. The van der Waals surface area contributed by atoms with Gasteiger partial charge < -0.3 is 9.94 Å². The number of hydrogen-bond donors (Lipinski definition) is 1. The van der Waals surface area contributed by atoms with E-state index in [1.54, 1.807) is 0 Å². The smallest absolute Gasteiger partial charge is 0.351 e. The van der Waals surface area contributed by atoms with Gasteiger partial charge in [-0.2, -0.15) is 0 Å². The molecule has 0 amide bonds. The monoisotopic (exact) mass is 361 g/mol. The molecule has 0 aliphatic carbocycles. The van der Waals surface area contributed by atoms with Gasteiger partial charge in [-0.25, -0.2) is 4.79 Å². The first-order chi connectivity index (χ1) is 7.92. The van der Waals surface area contributed by atoms with Gasteiger partial charge in [-0.05, 0) is 50.9 Å². The molecule has 1 N–H and O–H groups in total.